The van der Waals surface area contributed by atoms with Gasteiger partial charge in [0.1, 0.15) is 0 Å². The highest BCUT2D eigenvalue weighted by Crippen LogP contribution is 2.19. The fourth-order valence-electron chi connectivity index (χ4n) is 1.48. The summed E-state index contributed by atoms with van der Waals surface area (Å²) in [6, 6.07) is 0. The maximum absolute atomic E-state index is 2.25. The molecule has 0 heterocycles. The summed E-state index contributed by atoms with van der Waals surface area (Å²) in [6.07, 6.45) is 16.6. The molecule has 0 N–H and O–H groups in total. The van der Waals surface area contributed by atoms with Gasteiger partial charge in [0.2, 0.25) is 0 Å². The third-order valence-corrected chi connectivity index (χ3v) is 2.18. The minimum Gasteiger partial charge on any atom is -0.0877 e. The van der Waals surface area contributed by atoms with Gasteiger partial charge < -0.3 is 0 Å². The van der Waals surface area contributed by atoms with Crippen molar-refractivity contribution in [2.75, 3.05) is 0 Å². The summed E-state index contributed by atoms with van der Waals surface area (Å²) in [7, 11) is 0. The molecule has 0 aromatic heterocycles. The first-order valence-corrected chi connectivity index (χ1v) is 4.96. The highest BCUT2D eigenvalue weighted by molar-refractivity contribution is 5.24. The van der Waals surface area contributed by atoms with Crippen molar-refractivity contribution in [2.24, 2.45) is 0 Å². The smallest absolute Gasteiger partial charge is 0.0105 e. The molecule has 1 aliphatic carbocycles. The van der Waals surface area contributed by atoms with Crippen LogP contribution in [0.1, 0.15) is 33.1 Å². The molecule has 0 unspecified atom stereocenters. The van der Waals surface area contributed by atoms with Gasteiger partial charge in [0.05, 0.1) is 0 Å². The molecule has 0 aliphatic heterocycles. The zero-order valence-electron chi connectivity index (χ0n) is 8.59. The highest BCUT2D eigenvalue weighted by Gasteiger charge is 1.99. The Kier molecular flexibility index (Phi) is 4.31. The van der Waals surface area contributed by atoms with Gasteiger partial charge in [-0.3, -0.25) is 0 Å². The van der Waals surface area contributed by atoms with Crippen LogP contribution in [-0.4, -0.2) is 0 Å². The Hall–Kier alpha value is -1.04. The first-order chi connectivity index (χ1) is 6.33. The SMILES string of the molecule is C/C=C\C=C(/C)CC1=CC=CCC1. The van der Waals surface area contributed by atoms with E-state index in [0.29, 0.717) is 0 Å². The van der Waals surface area contributed by atoms with Gasteiger partial charge in [-0.25, -0.2) is 0 Å². The molecule has 0 atom stereocenters. The molecule has 1 rings (SSSR count). The summed E-state index contributed by atoms with van der Waals surface area (Å²) < 4.78 is 0. The van der Waals surface area contributed by atoms with Gasteiger partial charge in [0, 0.05) is 0 Å². The number of hydrogen-bond donors (Lipinski definition) is 0. The maximum atomic E-state index is 2.25. The van der Waals surface area contributed by atoms with Crippen LogP contribution in [0.15, 0.2) is 47.6 Å². The molecular formula is C13H18. The van der Waals surface area contributed by atoms with Crippen LogP contribution >= 0.6 is 0 Å². The van der Waals surface area contributed by atoms with Crippen molar-refractivity contribution in [3.63, 3.8) is 0 Å². The normalized spacial score (nSPS) is 18.0. The number of rotatable bonds is 3. The summed E-state index contributed by atoms with van der Waals surface area (Å²) in [5, 5.41) is 0. The van der Waals surface area contributed by atoms with E-state index in [1.54, 1.807) is 5.57 Å². The summed E-state index contributed by atoms with van der Waals surface area (Å²) in [6.45, 7) is 4.24. The molecule has 13 heavy (non-hydrogen) atoms. The fourth-order valence-corrected chi connectivity index (χ4v) is 1.48. The second kappa shape index (κ2) is 5.58. The molecule has 0 bridgehead atoms. The minimum atomic E-state index is 1.13. The van der Waals surface area contributed by atoms with Gasteiger partial charge in [-0.15, -0.1) is 0 Å². The molecule has 0 saturated carbocycles. The van der Waals surface area contributed by atoms with E-state index >= 15 is 0 Å². The van der Waals surface area contributed by atoms with Crippen LogP contribution in [0.5, 0.6) is 0 Å². The standard InChI is InChI=1S/C13H18/c1-3-4-8-12(2)11-13-9-6-5-7-10-13/h3-6,8-9H,7,10-11H2,1-2H3/b4-3-,12-8+. The lowest BCUT2D eigenvalue weighted by Gasteiger charge is -2.08. The van der Waals surface area contributed by atoms with E-state index in [-0.39, 0.29) is 0 Å². The van der Waals surface area contributed by atoms with Gasteiger partial charge in [-0.2, -0.15) is 0 Å². The Balaban J connectivity index is 2.48. The molecule has 1 aliphatic rings. The molecule has 0 fully saturated rings. The van der Waals surface area contributed by atoms with E-state index in [9.17, 15) is 0 Å². The van der Waals surface area contributed by atoms with Crippen molar-refractivity contribution in [3.05, 3.63) is 47.6 Å². The third-order valence-electron chi connectivity index (χ3n) is 2.18. The summed E-state index contributed by atoms with van der Waals surface area (Å²) in [5.74, 6) is 0. The molecule has 0 aromatic carbocycles. The lowest BCUT2D eigenvalue weighted by molar-refractivity contribution is 0.904. The lowest BCUT2D eigenvalue weighted by Crippen LogP contribution is -1.88. The van der Waals surface area contributed by atoms with Crippen molar-refractivity contribution in [2.45, 2.75) is 33.1 Å². The summed E-state index contributed by atoms with van der Waals surface area (Å²) in [4.78, 5) is 0. The average molecular weight is 174 g/mol. The van der Waals surface area contributed by atoms with Crippen LogP contribution in [-0.2, 0) is 0 Å². The molecule has 0 nitrogen and oxygen atoms in total. The molecule has 0 saturated heterocycles. The van der Waals surface area contributed by atoms with E-state index in [2.05, 4.69) is 43.4 Å². The Bertz CT molecular complexity index is 262. The molecule has 0 heteroatoms. The van der Waals surface area contributed by atoms with Crippen LogP contribution in [0.2, 0.25) is 0 Å². The molecule has 0 amide bonds. The summed E-state index contributed by atoms with van der Waals surface area (Å²) in [5.41, 5.74) is 3.00. The van der Waals surface area contributed by atoms with Crippen molar-refractivity contribution >= 4 is 0 Å². The van der Waals surface area contributed by atoms with Crippen LogP contribution in [0, 0.1) is 0 Å². The summed E-state index contributed by atoms with van der Waals surface area (Å²) >= 11 is 0. The van der Waals surface area contributed by atoms with Crippen molar-refractivity contribution in [1.82, 2.24) is 0 Å². The fraction of sp³-hybridized carbons (Fsp3) is 0.385. The van der Waals surface area contributed by atoms with Gasteiger partial charge >= 0.3 is 0 Å². The molecule has 70 valence electrons. The van der Waals surface area contributed by atoms with Gasteiger partial charge in [-0.05, 0) is 33.1 Å². The van der Waals surface area contributed by atoms with Gasteiger partial charge in [-0.1, -0.05) is 47.6 Å². The van der Waals surface area contributed by atoms with Crippen LogP contribution < -0.4 is 0 Å². The predicted octanol–water partition coefficient (Wildman–Crippen LogP) is 4.18. The minimum absolute atomic E-state index is 1.13. The van der Waals surface area contributed by atoms with Crippen molar-refractivity contribution in [3.8, 4) is 0 Å². The Labute approximate surface area is 81.4 Å². The Morgan fingerprint density at radius 1 is 1.54 bits per heavy atom. The molecular weight excluding hydrogens is 156 g/mol. The monoisotopic (exact) mass is 174 g/mol. The van der Waals surface area contributed by atoms with Crippen molar-refractivity contribution < 1.29 is 0 Å². The maximum Gasteiger partial charge on any atom is -0.0105 e. The number of allylic oxidation sites excluding steroid dienone is 8. The van der Waals surface area contributed by atoms with E-state index in [4.69, 9.17) is 0 Å². The Morgan fingerprint density at radius 3 is 3.00 bits per heavy atom. The van der Waals surface area contributed by atoms with Crippen LogP contribution in [0.4, 0.5) is 0 Å². The zero-order valence-corrected chi connectivity index (χ0v) is 8.59. The first-order valence-electron chi connectivity index (χ1n) is 4.96. The highest BCUT2D eigenvalue weighted by atomic mass is 14.0. The quantitative estimate of drug-likeness (QED) is 0.563. The van der Waals surface area contributed by atoms with Crippen molar-refractivity contribution in [1.29, 1.82) is 0 Å². The van der Waals surface area contributed by atoms with E-state index in [0.717, 1.165) is 6.42 Å². The van der Waals surface area contributed by atoms with E-state index in [1.165, 1.54) is 18.4 Å². The lowest BCUT2D eigenvalue weighted by atomic mass is 9.98. The topological polar surface area (TPSA) is 0 Å². The second-order valence-electron chi connectivity index (χ2n) is 3.51. The van der Waals surface area contributed by atoms with E-state index < -0.39 is 0 Å². The Morgan fingerprint density at radius 2 is 2.38 bits per heavy atom. The molecule has 0 spiro atoms. The van der Waals surface area contributed by atoms with Crippen LogP contribution in [0.25, 0.3) is 0 Å². The third kappa shape index (κ3) is 3.93. The average Bonchev–Trinajstić information content (AvgIpc) is 2.16. The largest absolute Gasteiger partial charge is 0.0877 e. The predicted molar refractivity (Wildman–Crippen MR) is 59.6 cm³/mol. The second-order valence-corrected chi connectivity index (χ2v) is 3.51. The molecule has 0 radical (unpaired) electrons. The number of hydrogen-bond acceptors (Lipinski definition) is 0. The first kappa shape index (κ1) is 10.0. The molecule has 0 aromatic rings. The van der Waals surface area contributed by atoms with Gasteiger partial charge in [0.15, 0.2) is 0 Å². The van der Waals surface area contributed by atoms with Gasteiger partial charge in [0.25, 0.3) is 0 Å². The van der Waals surface area contributed by atoms with E-state index in [1.807, 2.05) is 6.92 Å². The zero-order chi connectivity index (χ0) is 9.52. The van der Waals surface area contributed by atoms with Crippen LogP contribution in [0.3, 0.4) is 0 Å².